The van der Waals surface area contributed by atoms with Gasteiger partial charge in [0.05, 0.1) is 6.04 Å². The van der Waals surface area contributed by atoms with Gasteiger partial charge in [0.2, 0.25) is 5.91 Å². The third kappa shape index (κ3) is 7.94. The molecule has 0 saturated heterocycles. The van der Waals surface area contributed by atoms with Crippen LogP contribution in [-0.4, -0.2) is 17.5 Å². The lowest BCUT2D eigenvalue weighted by Crippen LogP contribution is -2.42. The average Bonchev–Trinajstić information content (AvgIpc) is 2.76. The first-order valence-corrected chi connectivity index (χ1v) is 10.7. The smallest absolute Gasteiger partial charge is 0.446 e. The average molecular weight is 461 g/mol. The number of benzene rings is 3. The summed E-state index contributed by atoms with van der Waals surface area (Å²) in [6.07, 6.45) is 0.512. The van der Waals surface area contributed by atoms with Crippen molar-refractivity contribution in [2.45, 2.75) is 36.0 Å². The van der Waals surface area contributed by atoms with E-state index >= 15 is 0 Å². The molecule has 168 valence electrons. The van der Waals surface area contributed by atoms with E-state index in [1.807, 2.05) is 42.5 Å². The van der Waals surface area contributed by atoms with Gasteiger partial charge in [0.25, 0.3) is 0 Å². The lowest BCUT2D eigenvalue weighted by molar-refractivity contribution is -0.120. The van der Waals surface area contributed by atoms with Gasteiger partial charge in [-0.15, -0.1) is 0 Å². The number of thioether (sulfide) groups is 1. The number of hydrogen-bond acceptors (Lipinski definition) is 4. The molecule has 0 saturated carbocycles. The highest BCUT2D eigenvalue weighted by atomic mass is 32.2. The van der Waals surface area contributed by atoms with E-state index < -0.39 is 17.5 Å². The zero-order valence-electron chi connectivity index (χ0n) is 17.1. The third-order valence-corrected chi connectivity index (χ3v) is 5.40. The van der Waals surface area contributed by atoms with E-state index in [-0.39, 0.29) is 23.3 Å². The maximum absolute atomic E-state index is 12.4. The maximum Gasteiger partial charge on any atom is 0.446 e. The van der Waals surface area contributed by atoms with E-state index in [9.17, 15) is 18.0 Å². The molecular formula is C24H23F3N2O2S. The lowest BCUT2D eigenvalue weighted by atomic mass is 10.1. The Morgan fingerprint density at radius 2 is 1.53 bits per heavy atom. The summed E-state index contributed by atoms with van der Waals surface area (Å²) in [7, 11) is 0. The van der Waals surface area contributed by atoms with E-state index in [1.54, 1.807) is 24.3 Å². The Hall–Kier alpha value is -2.97. The van der Waals surface area contributed by atoms with Gasteiger partial charge < -0.3 is 15.8 Å². The summed E-state index contributed by atoms with van der Waals surface area (Å²) in [6, 6.07) is 22.6. The summed E-state index contributed by atoms with van der Waals surface area (Å²) in [5.74, 6) is 0.228. The van der Waals surface area contributed by atoms with Gasteiger partial charge in [-0.2, -0.15) is 13.2 Å². The van der Waals surface area contributed by atoms with E-state index in [0.29, 0.717) is 18.7 Å². The number of ether oxygens (including phenoxy) is 1. The number of amides is 1. The molecule has 1 atom stereocenters. The molecule has 0 spiro atoms. The Morgan fingerprint density at radius 1 is 0.906 bits per heavy atom. The number of halogens is 3. The molecule has 0 aromatic heterocycles. The molecule has 0 fully saturated rings. The van der Waals surface area contributed by atoms with Gasteiger partial charge in [-0.3, -0.25) is 4.79 Å². The minimum Gasteiger partial charge on any atom is -0.489 e. The number of carbonyl (C=O) groups is 1. The lowest BCUT2D eigenvalue weighted by Gasteiger charge is -2.16. The largest absolute Gasteiger partial charge is 0.489 e. The molecule has 0 heterocycles. The normalized spacial score (nSPS) is 12.3. The van der Waals surface area contributed by atoms with Crippen molar-refractivity contribution in [3.05, 3.63) is 95.6 Å². The Labute approximate surface area is 189 Å². The van der Waals surface area contributed by atoms with Crippen molar-refractivity contribution in [3.63, 3.8) is 0 Å². The fraction of sp³-hybridized carbons (Fsp3) is 0.208. The summed E-state index contributed by atoms with van der Waals surface area (Å²) in [5, 5.41) is 3.19. The highest BCUT2D eigenvalue weighted by Crippen LogP contribution is 2.36. The Balaban J connectivity index is 1.48. The van der Waals surface area contributed by atoms with Crippen LogP contribution in [0.3, 0.4) is 0 Å². The van der Waals surface area contributed by atoms with Crippen molar-refractivity contribution in [1.82, 2.24) is 5.32 Å². The van der Waals surface area contributed by atoms with Gasteiger partial charge in [-0.05, 0) is 59.1 Å². The summed E-state index contributed by atoms with van der Waals surface area (Å²) >= 11 is -0.142. The van der Waals surface area contributed by atoms with Crippen molar-refractivity contribution in [2.24, 2.45) is 5.73 Å². The molecule has 3 rings (SSSR count). The summed E-state index contributed by atoms with van der Waals surface area (Å²) in [6.45, 7) is 0.717. The second kappa shape index (κ2) is 11.1. The molecule has 1 amide bonds. The van der Waals surface area contributed by atoms with Crippen LogP contribution in [0.2, 0.25) is 0 Å². The molecular weight excluding hydrogens is 437 g/mol. The van der Waals surface area contributed by atoms with Gasteiger partial charge in [-0.1, -0.05) is 54.6 Å². The molecule has 0 aliphatic rings. The molecule has 4 nitrogen and oxygen atoms in total. The number of rotatable bonds is 10. The van der Waals surface area contributed by atoms with Crippen molar-refractivity contribution in [3.8, 4) is 5.75 Å². The maximum atomic E-state index is 12.4. The van der Waals surface area contributed by atoms with Crippen molar-refractivity contribution >= 4 is 17.7 Å². The fourth-order valence-corrected chi connectivity index (χ4v) is 3.56. The molecule has 32 heavy (non-hydrogen) atoms. The Bertz CT molecular complexity index is 995. The summed E-state index contributed by atoms with van der Waals surface area (Å²) < 4.78 is 42.9. The van der Waals surface area contributed by atoms with Crippen LogP contribution in [0.1, 0.15) is 16.7 Å². The first-order valence-electron chi connectivity index (χ1n) is 9.91. The molecule has 0 bridgehead atoms. The molecule has 0 radical (unpaired) electrons. The van der Waals surface area contributed by atoms with Crippen molar-refractivity contribution in [1.29, 1.82) is 0 Å². The van der Waals surface area contributed by atoms with Gasteiger partial charge in [-0.25, -0.2) is 0 Å². The van der Waals surface area contributed by atoms with E-state index in [4.69, 9.17) is 10.5 Å². The van der Waals surface area contributed by atoms with Crippen LogP contribution in [0, 0.1) is 0 Å². The quantitative estimate of drug-likeness (QED) is 0.415. The van der Waals surface area contributed by atoms with Crippen LogP contribution in [-0.2, 0) is 24.4 Å². The highest BCUT2D eigenvalue weighted by molar-refractivity contribution is 8.00. The predicted molar refractivity (Wildman–Crippen MR) is 119 cm³/mol. The second-order valence-corrected chi connectivity index (χ2v) is 8.29. The first kappa shape index (κ1) is 23.7. The monoisotopic (exact) mass is 460 g/mol. The third-order valence-electron chi connectivity index (χ3n) is 4.66. The van der Waals surface area contributed by atoms with Gasteiger partial charge in [0, 0.05) is 11.4 Å². The van der Waals surface area contributed by atoms with Crippen LogP contribution in [0.4, 0.5) is 13.2 Å². The standard InChI is InChI=1S/C24H23F3N2O2S/c25-24(26,27)32-21-12-8-19(9-13-21)16-31-20-10-6-18(7-11-20)15-29-22(23(28)30)14-17-4-2-1-3-5-17/h1-13,22,29H,14-16H2,(H2,28,30). The second-order valence-electron chi connectivity index (χ2n) is 7.15. The minimum atomic E-state index is -4.30. The topological polar surface area (TPSA) is 64.4 Å². The van der Waals surface area contributed by atoms with E-state index in [1.165, 1.54) is 12.1 Å². The van der Waals surface area contributed by atoms with Gasteiger partial charge in [0.15, 0.2) is 0 Å². The predicted octanol–water partition coefficient (Wildman–Crippen LogP) is 5.06. The molecule has 0 aliphatic heterocycles. The molecule has 3 aromatic carbocycles. The minimum absolute atomic E-state index is 0.139. The number of alkyl halides is 3. The van der Waals surface area contributed by atoms with Crippen LogP contribution < -0.4 is 15.8 Å². The zero-order chi connectivity index (χ0) is 23.0. The number of primary amides is 1. The number of hydrogen-bond donors (Lipinski definition) is 2. The summed E-state index contributed by atoms with van der Waals surface area (Å²) in [4.78, 5) is 11.9. The number of nitrogens with two attached hydrogens (primary N) is 1. The zero-order valence-corrected chi connectivity index (χ0v) is 18.0. The Kier molecular flexibility index (Phi) is 8.19. The molecule has 8 heteroatoms. The van der Waals surface area contributed by atoms with Crippen LogP contribution in [0.5, 0.6) is 5.75 Å². The summed E-state index contributed by atoms with van der Waals surface area (Å²) in [5.41, 5.74) is 3.99. The highest BCUT2D eigenvalue weighted by Gasteiger charge is 2.29. The molecule has 1 unspecified atom stereocenters. The SMILES string of the molecule is NC(=O)C(Cc1ccccc1)NCc1ccc(OCc2ccc(SC(F)(F)F)cc2)cc1. The first-order chi connectivity index (χ1) is 15.3. The fourth-order valence-electron chi connectivity index (χ4n) is 3.02. The number of carbonyl (C=O) groups excluding carboxylic acids is 1. The molecule has 3 N–H and O–H groups in total. The molecule has 3 aromatic rings. The van der Waals surface area contributed by atoms with Gasteiger partial charge >= 0.3 is 5.51 Å². The van der Waals surface area contributed by atoms with Crippen LogP contribution in [0.25, 0.3) is 0 Å². The van der Waals surface area contributed by atoms with Crippen molar-refractivity contribution in [2.75, 3.05) is 0 Å². The van der Waals surface area contributed by atoms with E-state index in [2.05, 4.69) is 5.32 Å². The van der Waals surface area contributed by atoms with Crippen molar-refractivity contribution < 1.29 is 22.7 Å². The number of nitrogens with one attached hydrogen (secondary N) is 1. The molecule has 0 aliphatic carbocycles. The Morgan fingerprint density at radius 3 is 2.12 bits per heavy atom. The van der Waals surface area contributed by atoms with Gasteiger partial charge in [0.1, 0.15) is 12.4 Å². The van der Waals surface area contributed by atoms with E-state index in [0.717, 1.165) is 16.7 Å². The van der Waals surface area contributed by atoms with Crippen LogP contribution >= 0.6 is 11.8 Å². The van der Waals surface area contributed by atoms with Crippen LogP contribution in [0.15, 0.2) is 83.8 Å².